The molecule has 4 rings (SSSR count). The predicted octanol–water partition coefficient (Wildman–Crippen LogP) is 6.79. The Labute approximate surface area is 187 Å². The van der Waals surface area contributed by atoms with Crippen molar-refractivity contribution >= 4 is 50.2 Å². The molecule has 0 aliphatic carbocycles. The summed E-state index contributed by atoms with van der Waals surface area (Å²) in [5, 5.41) is 3.26. The van der Waals surface area contributed by atoms with Crippen molar-refractivity contribution in [1.29, 1.82) is 0 Å². The summed E-state index contributed by atoms with van der Waals surface area (Å²) in [7, 11) is 1.52. The fourth-order valence-corrected chi connectivity index (χ4v) is 3.83. The topological polar surface area (TPSA) is 64.4 Å². The van der Waals surface area contributed by atoms with Crippen LogP contribution in [0, 0.1) is 13.8 Å². The van der Waals surface area contributed by atoms with Gasteiger partial charge in [0.25, 0.3) is 5.91 Å². The van der Waals surface area contributed by atoms with Crippen LogP contribution in [0.3, 0.4) is 0 Å². The molecule has 1 heterocycles. The molecule has 0 bridgehead atoms. The van der Waals surface area contributed by atoms with Gasteiger partial charge in [0, 0.05) is 10.0 Å². The van der Waals surface area contributed by atoms with Gasteiger partial charge < -0.3 is 14.5 Å². The van der Waals surface area contributed by atoms with Crippen LogP contribution >= 0.6 is 27.5 Å². The lowest BCUT2D eigenvalue weighted by molar-refractivity contribution is 0.102. The monoisotopic (exact) mass is 484 g/mol. The SMILES string of the molecule is COc1ccc(Br)cc1C(=O)Nc1cc(-c2nc3cc(C)cc(C)c3o2)ccc1Cl. The van der Waals surface area contributed by atoms with Crippen LogP contribution in [-0.2, 0) is 0 Å². The molecule has 0 saturated carbocycles. The number of benzene rings is 3. The molecule has 0 spiro atoms. The molecule has 3 aromatic carbocycles. The van der Waals surface area contributed by atoms with Crippen molar-refractivity contribution in [1.82, 2.24) is 4.98 Å². The second-order valence-electron chi connectivity index (χ2n) is 6.94. The summed E-state index contributed by atoms with van der Waals surface area (Å²) < 4.78 is 12.0. The van der Waals surface area contributed by atoms with E-state index in [-0.39, 0.29) is 5.91 Å². The molecule has 0 atom stereocenters. The van der Waals surface area contributed by atoms with Crippen molar-refractivity contribution in [2.24, 2.45) is 0 Å². The zero-order chi connectivity index (χ0) is 21.4. The largest absolute Gasteiger partial charge is 0.496 e. The van der Waals surface area contributed by atoms with Gasteiger partial charge in [0.15, 0.2) is 5.58 Å². The van der Waals surface area contributed by atoms with E-state index in [0.717, 1.165) is 26.7 Å². The molecule has 1 amide bonds. The van der Waals surface area contributed by atoms with Crippen LogP contribution in [-0.4, -0.2) is 18.0 Å². The maximum absolute atomic E-state index is 12.9. The van der Waals surface area contributed by atoms with Gasteiger partial charge >= 0.3 is 0 Å². The highest BCUT2D eigenvalue weighted by Crippen LogP contribution is 2.32. The molecule has 0 aliphatic heterocycles. The van der Waals surface area contributed by atoms with Crippen LogP contribution in [0.1, 0.15) is 21.5 Å². The first kappa shape index (κ1) is 20.4. The molecule has 1 aromatic heterocycles. The third-order valence-corrected chi connectivity index (χ3v) is 5.51. The van der Waals surface area contributed by atoms with Crippen LogP contribution in [0.15, 0.2) is 57.4 Å². The Morgan fingerprint density at radius 1 is 1.13 bits per heavy atom. The van der Waals surface area contributed by atoms with Crippen LogP contribution in [0.4, 0.5) is 5.69 Å². The Bertz CT molecular complexity index is 1280. The number of oxazole rings is 1. The molecule has 152 valence electrons. The summed E-state index contributed by atoms with van der Waals surface area (Å²) >= 11 is 9.72. The summed E-state index contributed by atoms with van der Waals surface area (Å²) in [5.41, 5.74) is 5.23. The fourth-order valence-electron chi connectivity index (χ4n) is 3.30. The van der Waals surface area contributed by atoms with Gasteiger partial charge in [-0.15, -0.1) is 0 Å². The average molecular weight is 486 g/mol. The van der Waals surface area contributed by atoms with E-state index < -0.39 is 0 Å². The molecule has 30 heavy (non-hydrogen) atoms. The molecule has 0 saturated heterocycles. The molecule has 1 N–H and O–H groups in total. The van der Waals surface area contributed by atoms with E-state index in [4.69, 9.17) is 20.8 Å². The van der Waals surface area contributed by atoms with Crippen molar-refractivity contribution < 1.29 is 13.9 Å². The molecule has 0 radical (unpaired) electrons. The molecule has 0 fully saturated rings. The number of methoxy groups -OCH3 is 1. The maximum atomic E-state index is 12.9. The van der Waals surface area contributed by atoms with Gasteiger partial charge in [0.05, 0.1) is 23.4 Å². The average Bonchev–Trinajstić information content (AvgIpc) is 3.14. The van der Waals surface area contributed by atoms with Crippen molar-refractivity contribution in [3.8, 4) is 17.2 Å². The molecule has 0 unspecified atom stereocenters. The number of nitrogens with one attached hydrogen (secondary N) is 1. The van der Waals surface area contributed by atoms with E-state index >= 15 is 0 Å². The fraction of sp³-hybridized carbons (Fsp3) is 0.130. The summed E-state index contributed by atoms with van der Waals surface area (Å²) in [4.78, 5) is 17.5. The number of carbonyl (C=O) groups is 1. The van der Waals surface area contributed by atoms with Crippen molar-refractivity contribution in [3.05, 3.63) is 74.7 Å². The highest BCUT2D eigenvalue weighted by Gasteiger charge is 2.17. The Hall–Kier alpha value is -2.83. The Kier molecular flexibility index (Phi) is 5.54. The van der Waals surface area contributed by atoms with Gasteiger partial charge in [-0.05, 0) is 67.4 Å². The van der Waals surface area contributed by atoms with Crippen LogP contribution < -0.4 is 10.1 Å². The van der Waals surface area contributed by atoms with Crippen LogP contribution in [0.25, 0.3) is 22.6 Å². The van der Waals surface area contributed by atoms with Crippen LogP contribution in [0.2, 0.25) is 5.02 Å². The lowest BCUT2D eigenvalue weighted by Crippen LogP contribution is -2.13. The Morgan fingerprint density at radius 2 is 1.93 bits per heavy atom. The minimum absolute atomic E-state index is 0.337. The quantitative estimate of drug-likeness (QED) is 0.346. The maximum Gasteiger partial charge on any atom is 0.259 e. The third-order valence-electron chi connectivity index (χ3n) is 4.69. The van der Waals surface area contributed by atoms with Gasteiger partial charge in [-0.25, -0.2) is 4.98 Å². The second-order valence-corrected chi connectivity index (χ2v) is 8.27. The molecule has 5 nitrogen and oxygen atoms in total. The standard InChI is InChI=1S/C23H18BrClN2O3/c1-12-8-13(2)21-19(9-12)27-23(30-21)14-4-6-17(25)18(10-14)26-22(28)16-11-15(24)5-7-20(16)29-3/h4-11H,1-3H3,(H,26,28). The lowest BCUT2D eigenvalue weighted by atomic mass is 10.1. The van der Waals surface area contributed by atoms with E-state index in [2.05, 4.69) is 32.3 Å². The number of carbonyl (C=O) groups excluding carboxylic acids is 1. The summed E-state index contributed by atoms with van der Waals surface area (Å²) in [6, 6.07) is 14.5. The number of nitrogens with zero attached hydrogens (tertiary/aromatic N) is 1. The lowest BCUT2D eigenvalue weighted by Gasteiger charge is -2.11. The van der Waals surface area contributed by atoms with Gasteiger partial charge in [-0.1, -0.05) is 33.6 Å². The summed E-state index contributed by atoms with van der Waals surface area (Å²) in [6.45, 7) is 4.01. The van der Waals surface area contributed by atoms with E-state index in [1.54, 1.807) is 30.3 Å². The summed E-state index contributed by atoms with van der Waals surface area (Å²) in [5.74, 6) is 0.593. The van der Waals surface area contributed by atoms with E-state index in [1.165, 1.54) is 7.11 Å². The zero-order valence-corrected chi connectivity index (χ0v) is 18.9. The minimum atomic E-state index is -0.337. The van der Waals surface area contributed by atoms with Crippen molar-refractivity contribution in [2.75, 3.05) is 12.4 Å². The minimum Gasteiger partial charge on any atom is -0.496 e. The number of aromatic nitrogens is 1. The number of hydrogen-bond donors (Lipinski definition) is 1. The second kappa shape index (κ2) is 8.13. The Morgan fingerprint density at radius 3 is 2.70 bits per heavy atom. The number of rotatable bonds is 4. The van der Waals surface area contributed by atoms with E-state index in [0.29, 0.717) is 33.5 Å². The number of amides is 1. The normalized spacial score (nSPS) is 11.0. The van der Waals surface area contributed by atoms with Crippen LogP contribution in [0.5, 0.6) is 5.75 Å². The number of anilines is 1. The number of halogens is 2. The van der Waals surface area contributed by atoms with Gasteiger partial charge in [-0.3, -0.25) is 4.79 Å². The number of hydrogen-bond acceptors (Lipinski definition) is 4. The number of fused-ring (bicyclic) bond motifs is 1. The Balaban J connectivity index is 1.70. The highest BCUT2D eigenvalue weighted by molar-refractivity contribution is 9.10. The highest BCUT2D eigenvalue weighted by atomic mass is 79.9. The molecule has 0 aliphatic rings. The first-order valence-electron chi connectivity index (χ1n) is 9.18. The number of aryl methyl sites for hydroxylation is 2. The predicted molar refractivity (Wildman–Crippen MR) is 123 cm³/mol. The molecular formula is C23H18BrClN2O3. The first-order valence-corrected chi connectivity index (χ1v) is 10.4. The molecule has 7 heteroatoms. The third kappa shape index (κ3) is 3.93. The van der Waals surface area contributed by atoms with E-state index in [9.17, 15) is 4.79 Å². The van der Waals surface area contributed by atoms with Crippen molar-refractivity contribution in [2.45, 2.75) is 13.8 Å². The first-order chi connectivity index (χ1) is 14.4. The summed E-state index contributed by atoms with van der Waals surface area (Å²) in [6.07, 6.45) is 0. The van der Waals surface area contributed by atoms with Gasteiger partial charge in [0.2, 0.25) is 5.89 Å². The number of ether oxygens (including phenoxy) is 1. The van der Waals surface area contributed by atoms with Gasteiger partial charge in [-0.2, -0.15) is 0 Å². The van der Waals surface area contributed by atoms with Crippen molar-refractivity contribution in [3.63, 3.8) is 0 Å². The smallest absolute Gasteiger partial charge is 0.259 e. The van der Waals surface area contributed by atoms with E-state index in [1.807, 2.05) is 26.0 Å². The molecule has 4 aromatic rings. The molecular weight excluding hydrogens is 468 g/mol. The zero-order valence-electron chi connectivity index (χ0n) is 16.5. The van der Waals surface area contributed by atoms with Gasteiger partial charge in [0.1, 0.15) is 11.3 Å².